The lowest BCUT2D eigenvalue weighted by Crippen LogP contribution is -2.20. The third kappa shape index (κ3) is 2.20. The number of aliphatic imine (C=N–C) groups is 1. The molecule has 12 heavy (non-hydrogen) atoms. The zero-order chi connectivity index (χ0) is 8.97. The maximum atomic E-state index is 10.5. The van der Waals surface area contributed by atoms with Crippen LogP contribution in [0.4, 0.5) is 0 Å². The molecule has 0 aromatic rings. The van der Waals surface area contributed by atoms with E-state index in [0.29, 0.717) is 6.42 Å². The maximum Gasteiger partial charge on any atom is 0.306 e. The van der Waals surface area contributed by atoms with Gasteiger partial charge < -0.3 is 10.5 Å². The van der Waals surface area contributed by atoms with Gasteiger partial charge in [-0.05, 0) is 19.3 Å². The predicted molar refractivity (Wildman–Crippen MR) is 44.6 cm³/mol. The quantitative estimate of drug-likeness (QED) is 0.236. The van der Waals surface area contributed by atoms with Crippen LogP contribution in [0.3, 0.4) is 0 Å². The summed E-state index contributed by atoms with van der Waals surface area (Å²) in [7, 11) is 0. The van der Waals surface area contributed by atoms with Crippen molar-refractivity contribution in [3.63, 3.8) is 0 Å². The highest BCUT2D eigenvalue weighted by Gasteiger charge is 2.28. The normalized spacial score (nSPS) is 29.4. The van der Waals surface area contributed by atoms with Crippen LogP contribution < -0.4 is 11.3 Å². The number of nitrogens with one attached hydrogen (secondary N) is 1. The summed E-state index contributed by atoms with van der Waals surface area (Å²) in [6.45, 7) is 0. The van der Waals surface area contributed by atoms with Crippen LogP contribution in [0, 0.1) is 5.92 Å². The van der Waals surface area contributed by atoms with Crippen molar-refractivity contribution in [3.05, 3.63) is 0 Å². The average Bonchev–Trinajstić information content (AvgIpc) is 2.48. The zero-order valence-corrected chi connectivity index (χ0v) is 6.73. The summed E-state index contributed by atoms with van der Waals surface area (Å²) in [6.07, 6.45) is 3.61. The average molecular weight is 171 g/mol. The van der Waals surface area contributed by atoms with Gasteiger partial charge in [0.05, 0.1) is 18.3 Å². The topological polar surface area (TPSA) is 87.7 Å². The molecular formula is C7H13N3O2. The summed E-state index contributed by atoms with van der Waals surface area (Å²) in [6, 6.07) is 0.127. The van der Waals surface area contributed by atoms with Gasteiger partial charge in [0, 0.05) is 0 Å². The van der Waals surface area contributed by atoms with Crippen LogP contribution in [0.2, 0.25) is 0 Å². The molecular weight excluding hydrogens is 158 g/mol. The first-order chi connectivity index (χ1) is 5.74. The monoisotopic (exact) mass is 171 g/mol. The highest BCUT2D eigenvalue weighted by molar-refractivity contribution is 5.70. The van der Waals surface area contributed by atoms with Crippen LogP contribution in [0.15, 0.2) is 4.99 Å². The SMILES string of the molecule is NNC=N[C@H]1CC[C@@H](C(=O)O)C1. The molecule has 0 unspecified atom stereocenters. The molecule has 2 atom stereocenters. The van der Waals surface area contributed by atoms with Crippen LogP contribution in [-0.2, 0) is 4.79 Å². The molecule has 0 bridgehead atoms. The van der Waals surface area contributed by atoms with E-state index in [1.807, 2.05) is 0 Å². The molecule has 1 saturated carbocycles. The van der Waals surface area contributed by atoms with Crippen LogP contribution in [0.1, 0.15) is 19.3 Å². The summed E-state index contributed by atoms with van der Waals surface area (Å²) in [4.78, 5) is 14.6. The number of carboxylic acid groups (broad SMARTS) is 1. The van der Waals surface area contributed by atoms with Crippen molar-refractivity contribution in [2.45, 2.75) is 25.3 Å². The minimum absolute atomic E-state index is 0.127. The van der Waals surface area contributed by atoms with Crippen LogP contribution in [0.25, 0.3) is 0 Å². The van der Waals surface area contributed by atoms with Crippen molar-refractivity contribution in [2.24, 2.45) is 16.8 Å². The molecule has 0 saturated heterocycles. The lowest BCUT2D eigenvalue weighted by atomic mass is 10.1. The van der Waals surface area contributed by atoms with Crippen LogP contribution in [0.5, 0.6) is 0 Å². The number of nitrogens with zero attached hydrogens (tertiary/aromatic N) is 1. The molecule has 4 N–H and O–H groups in total. The van der Waals surface area contributed by atoms with E-state index in [9.17, 15) is 4.79 Å². The molecule has 68 valence electrons. The number of carboxylic acids is 1. The molecule has 0 aromatic carbocycles. The minimum Gasteiger partial charge on any atom is -0.481 e. The summed E-state index contributed by atoms with van der Waals surface area (Å²) < 4.78 is 0. The van der Waals surface area contributed by atoms with Gasteiger partial charge in [-0.15, -0.1) is 0 Å². The van der Waals surface area contributed by atoms with Crippen LogP contribution >= 0.6 is 0 Å². The fourth-order valence-corrected chi connectivity index (χ4v) is 1.47. The second-order valence-electron chi connectivity index (χ2n) is 2.95. The lowest BCUT2D eigenvalue weighted by Gasteiger charge is -2.01. The number of carbonyl (C=O) groups is 1. The zero-order valence-electron chi connectivity index (χ0n) is 6.73. The van der Waals surface area contributed by atoms with E-state index >= 15 is 0 Å². The van der Waals surface area contributed by atoms with E-state index in [0.717, 1.165) is 12.8 Å². The number of hydrogen-bond acceptors (Lipinski definition) is 3. The van der Waals surface area contributed by atoms with Crippen molar-refractivity contribution in [2.75, 3.05) is 0 Å². The Hall–Kier alpha value is -1.10. The van der Waals surface area contributed by atoms with Crippen molar-refractivity contribution in [1.82, 2.24) is 5.43 Å². The van der Waals surface area contributed by atoms with Crippen molar-refractivity contribution >= 4 is 12.3 Å². The molecule has 1 aliphatic rings. The molecule has 0 aromatic heterocycles. The molecule has 0 amide bonds. The molecule has 0 aliphatic heterocycles. The van der Waals surface area contributed by atoms with Gasteiger partial charge in [-0.3, -0.25) is 9.79 Å². The Labute approximate surface area is 70.6 Å². The van der Waals surface area contributed by atoms with E-state index in [4.69, 9.17) is 10.9 Å². The van der Waals surface area contributed by atoms with Gasteiger partial charge in [0.1, 0.15) is 0 Å². The van der Waals surface area contributed by atoms with E-state index in [1.165, 1.54) is 6.34 Å². The van der Waals surface area contributed by atoms with Gasteiger partial charge in [-0.1, -0.05) is 0 Å². The molecule has 0 spiro atoms. The van der Waals surface area contributed by atoms with E-state index in [-0.39, 0.29) is 12.0 Å². The largest absolute Gasteiger partial charge is 0.481 e. The van der Waals surface area contributed by atoms with Crippen LogP contribution in [-0.4, -0.2) is 23.5 Å². The second kappa shape index (κ2) is 4.06. The molecule has 0 heterocycles. The molecule has 5 nitrogen and oxygen atoms in total. The van der Waals surface area contributed by atoms with E-state index < -0.39 is 5.97 Å². The Morgan fingerprint density at radius 1 is 1.67 bits per heavy atom. The molecule has 1 rings (SSSR count). The second-order valence-corrected chi connectivity index (χ2v) is 2.95. The van der Waals surface area contributed by atoms with Crippen molar-refractivity contribution in [3.8, 4) is 0 Å². The van der Waals surface area contributed by atoms with E-state index in [1.54, 1.807) is 0 Å². The predicted octanol–water partition coefficient (Wildman–Crippen LogP) is -0.269. The van der Waals surface area contributed by atoms with Crippen molar-refractivity contribution in [1.29, 1.82) is 0 Å². The summed E-state index contributed by atoms with van der Waals surface area (Å²) >= 11 is 0. The first kappa shape index (κ1) is 8.99. The van der Waals surface area contributed by atoms with Crippen molar-refractivity contribution < 1.29 is 9.90 Å². The summed E-state index contributed by atoms with van der Waals surface area (Å²) in [5.74, 6) is 4.05. The first-order valence-electron chi connectivity index (χ1n) is 3.94. The number of hydrazine groups is 1. The van der Waals surface area contributed by atoms with E-state index in [2.05, 4.69) is 10.4 Å². The summed E-state index contributed by atoms with van der Waals surface area (Å²) in [5.41, 5.74) is 2.30. The molecule has 0 radical (unpaired) electrons. The van der Waals surface area contributed by atoms with Gasteiger partial charge in [-0.2, -0.15) is 0 Å². The van der Waals surface area contributed by atoms with Gasteiger partial charge in [-0.25, -0.2) is 5.84 Å². The number of aliphatic carboxylic acids is 1. The Bertz CT molecular complexity index is 193. The fourth-order valence-electron chi connectivity index (χ4n) is 1.47. The third-order valence-electron chi connectivity index (χ3n) is 2.11. The first-order valence-corrected chi connectivity index (χ1v) is 3.94. The third-order valence-corrected chi connectivity index (χ3v) is 2.11. The lowest BCUT2D eigenvalue weighted by molar-refractivity contribution is -0.141. The standard InChI is InChI=1S/C7H13N3O2/c8-10-4-9-6-2-1-5(3-6)7(11)12/h4-6H,1-3,8H2,(H,9,10)(H,11,12)/t5-,6+/m1/s1. The molecule has 1 fully saturated rings. The van der Waals surface area contributed by atoms with Gasteiger partial charge in [0.2, 0.25) is 0 Å². The fraction of sp³-hybridized carbons (Fsp3) is 0.714. The Kier molecular flexibility index (Phi) is 3.04. The highest BCUT2D eigenvalue weighted by Crippen LogP contribution is 2.27. The smallest absolute Gasteiger partial charge is 0.306 e. The Balaban J connectivity index is 2.35. The van der Waals surface area contributed by atoms with Gasteiger partial charge >= 0.3 is 5.97 Å². The van der Waals surface area contributed by atoms with Gasteiger partial charge in [0.15, 0.2) is 0 Å². The maximum absolute atomic E-state index is 10.5. The van der Waals surface area contributed by atoms with Gasteiger partial charge in [0.25, 0.3) is 0 Å². The summed E-state index contributed by atoms with van der Waals surface area (Å²) in [5, 5.41) is 8.66. The Morgan fingerprint density at radius 2 is 2.42 bits per heavy atom. The number of nitrogens with two attached hydrogens (primary N) is 1. The molecule has 1 aliphatic carbocycles. The highest BCUT2D eigenvalue weighted by atomic mass is 16.4. The number of rotatable bonds is 3. The minimum atomic E-state index is -0.714. The molecule has 5 heteroatoms. The Morgan fingerprint density at radius 3 is 2.92 bits per heavy atom. The number of hydrogen-bond donors (Lipinski definition) is 3.